The Labute approximate surface area is 365 Å². The van der Waals surface area contributed by atoms with Crippen LogP contribution in [0.5, 0.6) is 28.7 Å². The molecule has 0 bridgehead atoms. The summed E-state index contributed by atoms with van der Waals surface area (Å²) in [6.07, 6.45) is 7.25. The molecule has 0 aliphatic heterocycles. The van der Waals surface area contributed by atoms with Crippen molar-refractivity contribution < 1.29 is 42.3 Å². The molecule has 5 aromatic rings. The summed E-state index contributed by atoms with van der Waals surface area (Å²) >= 11 is -5.45. The van der Waals surface area contributed by atoms with Crippen LogP contribution in [0.25, 0.3) is 0 Å². The van der Waals surface area contributed by atoms with E-state index in [2.05, 4.69) is 0 Å². The van der Waals surface area contributed by atoms with Crippen molar-refractivity contribution in [2.45, 2.75) is 64.2 Å². The van der Waals surface area contributed by atoms with E-state index in [1.54, 1.807) is 0 Å². The zero-order valence-electron chi connectivity index (χ0n) is 35.6. The summed E-state index contributed by atoms with van der Waals surface area (Å²) in [7, 11) is 0. The zero-order valence-corrected chi connectivity index (χ0v) is 37.5. The fourth-order valence-electron chi connectivity index (χ4n) is 6.00. The van der Waals surface area contributed by atoms with Gasteiger partial charge < -0.3 is 0 Å². The van der Waals surface area contributed by atoms with Gasteiger partial charge in [0.25, 0.3) is 0 Å². The normalized spacial score (nSPS) is 12.0. The molecule has 0 heterocycles. The van der Waals surface area contributed by atoms with Crippen molar-refractivity contribution >= 4 is 14.2 Å². The first-order chi connectivity index (χ1) is 30.2. The predicted octanol–water partition coefficient (Wildman–Crippen LogP) is 11.3. The Morgan fingerprint density at radius 1 is 0.213 bits per heavy atom. The van der Waals surface area contributed by atoms with E-state index in [0.29, 0.717) is 98.2 Å². The van der Waals surface area contributed by atoms with Gasteiger partial charge in [-0.05, 0) is 0 Å². The molecule has 0 saturated heterocycles. The molecule has 61 heavy (non-hydrogen) atoms. The van der Waals surface area contributed by atoms with Gasteiger partial charge in [0.2, 0.25) is 0 Å². The topological polar surface area (TPSA) is 92.3 Å². The summed E-state index contributed by atoms with van der Waals surface area (Å²) in [5, 5.41) is 0. The molecule has 11 heteroatoms. The van der Waals surface area contributed by atoms with E-state index in [9.17, 15) is 0 Å². The van der Waals surface area contributed by atoms with Crippen molar-refractivity contribution in [1.82, 2.24) is 0 Å². The maximum atomic E-state index is 6.88. The molecule has 5 aromatic carbocycles. The minimum atomic E-state index is -5.45. The summed E-state index contributed by atoms with van der Waals surface area (Å²) in [6, 6.07) is 49.2. The van der Waals surface area contributed by atoms with Crippen LogP contribution in [-0.4, -0.2) is 80.2 Å². The fraction of sp³-hybridized carbons (Fsp3) is 0.400. The molecular formula is C50H65AsO10. The van der Waals surface area contributed by atoms with Gasteiger partial charge in [-0.2, -0.15) is 0 Å². The Morgan fingerprint density at radius 3 is 0.557 bits per heavy atom. The van der Waals surface area contributed by atoms with Crippen molar-refractivity contribution in [3.8, 4) is 28.7 Å². The van der Waals surface area contributed by atoms with Crippen molar-refractivity contribution in [2.24, 2.45) is 0 Å². The minimum absolute atomic E-state index is 0.312. The van der Waals surface area contributed by atoms with E-state index in [4.69, 9.17) is 42.3 Å². The van der Waals surface area contributed by atoms with Gasteiger partial charge >= 0.3 is 367 Å². The first kappa shape index (κ1) is 47.5. The van der Waals surface area contributed by atoms with Gasteiger partial charge in [-0.25, -0.2) is 0 Å². The third-order valence-electron chi connectivity index (χ3n) is 9.26. The van der Waals surface area contributed by atoms with Crippen LogP contribution in [-0.2, 0) is 18.6 Å². The van der Waals surface area contributed by atoms with Crippen molar-refractivity contribution in [2.75, 3.05) is 66.1 Å². The first-order valence-corrected chi connectivity index (χ1v) is 25.7. The van der Waals surface area contributed by atoms with Crippen molar-refractivity contribution in [3.05, 3.63) is 152 Å². The molecule has 0 amide bonds. The number of benzene rings is 5. The Balaban J connectivity index is 1.27. The van der Waals surface area contributed by atoms with Crippen molar-refractivity contribution in [3.63, 3.8) is 0 Å². The van der Waals surface area contributed by atoms with Crippen LogP contribution in [0.15, 0.2) is 152 Å². The van der Waals surface area contributed by atoms with Crippen molar-refractivity contribution in [1.29, 1.82) is 0 Å². The Hall–Kier alpha value is -4.54. The second-order valence-electron chi connectivity index (χ2n) is 14.3. The van der Waals surface area contributed by atoms with Gasteiger partial charge in [-0.15, -0.1) is 0 Å². The van der Waals surface area contributed by atoms with E-state index in [1.165, 1.54) is 0 Å². The van der Waals surface area contributed by atoms with Crippen LogP contribution >= 0.6 is 0 Å². The van der Waals surface area contributed by atoms with Crippen LogP contribution in [0.2, 0.25) is 0 Å². The molecule has 0 fully saturated rings. The van der Waals surface area contributed by atoms with E-state index in [-0.39, 0.29) is 0 Å². The molecule has 0 aromatic heterocycles. The Kier molecular flexibility index (Phi) is 22.5. The predicted molar refractivity (Wildman–Crippen MR) is 241 cm³/mol. The molecule has 0 radical (unpaired) electrons. The summed E-state index contributed by atoms with van der Waals surface area (Å²) in [4.78, 5) is 0. The van der Waals surface area contributed by atoms with Gasteiger partial charge in [0, 0.05) is 0 Å². The number of rotatable bonds is 35. The van der Waals surface area contributed by atoms with E-state index >= 15 is 0 Å². The third-order valence-corrected chi connectivity index (χ3v) is 15.6. The number of ether oxygens (including phenoxy) is 5. The number of hydrogen-bond donors (Lipinski definition) is 0. The summed E-state index contributed by atoms with van der Waals surface area (Å²) in [6.45, 7) is 4.29. The van der Waals surface area contributed by atoms with Gasteiger partial charge in [0.1, 0.15) is 0 Å². The first-order valence-electron chi connectivity index (χ1n) is 21.9. The summed E-state index contributed by atoms with van der Waals surface area (Å²) in [5.41, 5.74) is 0. The van der Waals surface area contributed by atoms with Gasteiger partial charge in [-0.3, -0.25) is 0 Å². The van der Waals surface area contributed by atoms with Crippen LogP contribution in [0.1, 0.15) is 64.2 Å². The second-order valence-corrected chi connectivity index (χ2v) is 20.1. The Bertz CT molecular complexity index is 1470. The molecule has 0 unspecified atom stereocenters. The quantitative estimate of drug-likeness (QED) is 0.0289. The molecule has 0 N–H and O–H groups in total. The molecule has 0 atom stereocenters. The Morgan fingerprint density at radius 2 is 0.377 bits per heavy atom. The van der Waals surface area contributed by atoms with E-state index in [1.807, 2.05) is 152 Å². The molecular weight excluding hydrogens is 835 g/mol. The molecule has 10 nitrogen and oxygen atoms in total. The SMILES string of the molecule is c1ccc(OCCCCO[As](OCCCCOc2ccccc2)(OCCCCOc2ccccc2)(OCCCCOc2ccccc2)OCCCCOc2ccccc2)cc1. The van der Waals surface area contributed by atoms with Crippen LogP contribution in [0, 0.1) is 0 Å². The van der Waals surface area contributed by atoms with E-state index in [0.717, 1.165) is 60.9 Å². The standard InChI is InChI=1S/C50H65AsO10/c1-6-26-46(27-7-1)52-36-16-21-41-57-51(58-42-22-17-37-53-47-28-8-2-9-29-47,59-43-23-18-38-54-48-30-10-3-11-31-48,60-44-24-19-39-55-49-32-12-4-13-33-49)61-45-25-20-40-56-50-34-14-5-15-35-50/h1-15,26-35H,16-25,36-45H2. The summed E-state index contributed by atoms with van der Waals surface area (Å²) < 4.78 is 64.4. The number of para-hydroxylation sites is 5. The maximum absolute atomic E-state index is 6.88. The number of unbranched alkanes of at least 4 members (excludes halogenated alkanes) is 5. The fourth-order valence-corrected chi connectivity index (χ4v) is 12.0. The average Bonchev–Trinajstić information content (AvgIpc) is 3.31. The third kappa shape index (κ3) is 19.4. The monoisotopic (exact) mass is 900 g/mol. The molecule has 330 valence electrons. The van der Waals surface area contributed by atoms with Crippen LogP contribution in [0.3, 0.4) is 0 Å². The van der Waals surface area contributed by atoms with Gasteiger partial charge in [-0.1, -0.05) is 0 Å². The molecule has 0 spiro atoms. The van der Waals surface area contributed by atoms with Gasteiger partial charge in [0.05, 0.1) is 0 Å². The molecule has 5 rings (SSSR count). The van der Waals surface area contributed by atoms with Crippen LogP contribution in [0.4, 0.5) is 0 Å². The van der Waals surface area contributed by atoms with Gasteiger partial charge in [0.15, 0.2) is 0 Å². The summed E-state index contributed by atoms with van der Waals surface area (Å²) in [5.74, 6) is 4.19. The average molecular weight is 901 g/mol. The molecule has 0 aliphatic rings. The second kappa shape index (κ2) is 28.9. The van der Waals surface area contributed by atoms with E-state index < -0.39 is 14.2 Å². The zero-order chi connectivity index (χ0) is 42.2. The van der Waals surface area contributed by atoms with Crippen LogP contribution < -0.4 is 23.7 Å². The molecule has 0 saturated carbocycles. The number of hydrogen-bond acceptors (Lipinski definition) is 10. The molecule has 0 aliphatic carbocycles.